The molecule has 0 aliphatic carbocycles. The molecule has 0 amide bonds. The Kier molecular flexibility index (Phi) is 6.77. The van der Waals surface area contributed by atoms with E-state index in [0.29, 0.717) is 30.5 Å². The molecule has 0 aromatic carbocycles. The first-order valence-electron chi connectivity index (χ1n) is 7.68. The van der Waals surface area contributed by atoms with Crippen LogP contribution in [0, 0.1) is 13.8 Å². The summed E-state index contributed by atoms with van der Waals surface area (Å²) in [4.78, 5) is 13.3. The van der Waals surface area contributed by atoms with Gasteiger partial charge in [0, 0.05) is 43.2 Å². The van der Waals surface area contributed by atoms with E-state index in [1.165, 1.54) is 4.88 Å². The van der Waals surface area contributed by atoms with E-state index in [9.17, 15) is 13.2 Å². The van der Waals surface area contributed by atoms with Gasteiger partial charge in [0.1, 0.15) is 0 Å². The molecular formula is C15H20F3N5S2. The molecular weight excluding hydrogens is 371 g/mol. The predicted octanol–water partition coefficient (Wildman–Crippen LogP) is 3.19. The Bertz CT molecular complexity index is 721. The van der Waals surface area contributed by atoms with Crippen LogP contribution in [0.15, 0.2) is 10.4 Å². The molecule has 2 aromatic heterocycles. The van der Waals surface area contributed by atoms with Gasteiger partial charge >= 0.3 is 6.18 Å². The lowest BCUT2D eigenvalue weighted by Gasteiger charge is -2.11. The number of nitrogens with one attached hydrogen (secondary N) is 2. The lowest BCUT2D eigenvalue weighted by molar-refractivity contribution is -0.140. The number of hydrogen-bond acceptors (Lipinski definition) is 5. The van der Waals surface area contributed by atoms with Crippen molar-refractivity contribution in [1.29, 1.82) is 0 Å². The Morgan fingerprint density at radius 3 is 2.36 bits per heavy atom. The fourth-order valence-corrected chi connectivity index (χ4v) is 3.91. The third kappa shape index (κ3) is 5.96. The summed E-state index contributed by atoms with van der Waals surface area (Å²) in [5.74, 6) is 0.617. The van der Waals surface area contributed by atoms with E-state index >= 15 is 0 Å². The van der Waals surface area contributed by atoms with Crippen LogP contribution in [0.4, 0.5) is 13.2 Å². The summed E-state index contributed by atoms with van der Waals surface area (Å²) < 4.78 is 37.5. The van der Waals surface area contributed by atoms with Crippen molar-refractivity contribution in [1.82, 2.24) is 20.6 Å². The van der Waals surface area contributed by atoms with Crippen LogP contribution in [0.2, 0.25) is 0 Å². The highest BCUT2D eigenvalue weighted by atomic mass is 32.1. The van der Waals surface area contributed by atoms with Gasteiger partial charge in [-0.1, -0.05) is 0 Å². The highest BCUT2D eigenvalue weighted by Crippen LogP contribution is 2.29. The summed E-state index contributed by atoms with van der Waals surface area (Å²) in [6.07, 6.45) is -3.12. The number of aryl methyl sites for hydroxylation is 2. The minimum absolute atomic E-state index is 0.411. The van der Waals surface area contributed by atoms with Crippen molar-refractivity contribution in [3.8, 4) is 0 Å². The van der Waals surface area contributed by atoms with Crippen LogP contribution in [0.25, 0.3) is 0 Å². The first kappa shape index (κ1) is 19.6. The molecule has 0 saturated heterocycles. The van der Waals surface area contributed by atoms with Crippen molar-refractivity contribution in [2.24, 2.45) is 4.99 Å². The molecule has 2 aromatic rings. The van der Waals surface area contributed by atoms with Crippen LogP contribution in [0.5, 0.6) is 0 Å². The summed E-state index contributed by atoms with van der Waals surface area (Å²) in [5.41, 5.74) is 0.224. The van der Waals surface area contributed by atoms with Crippen LogP contribution in [-0.4, -0.2) is 36.1 Å². The second kappa shape index (κ2) is 8.61. The quantitative estimate of drug-likeness (QED) is 0.586. The van der Waals surface area contributed by atoms with E-state index in [2.05, 4.69) is 25.6 Å². The van der Waals surface area contributed by atoms with Gasteiger partial charge < -0.3 is 10.6 Å². The van der Waals surface area contributed by atoms with Gasteiger partial charge in [0.05, 0.1) is 15.7 Å². The third-order valence-corrected chi connectivity index (χ3v) is 5.38. The maximum Gasteiger partial charge on any atom is 0.434 e. The van der Waals surface area contributed by atoms with E-state index in [-0.39, 0.29) is 0 Å². The summed E-state index contributed by atoms with van der Waals surface area (Å²) in [5, 5.41) is 8.82. The number of hydrogen-bond donors (Lipinski definition) is 2. The molecule has 0 spiro atoms. The zero-order valence-corrected chi connectivity index (χ0v) is 15.8. The molecule has 0 unspecified atom stereocenters. The number of thiazole rings is 2. The minimum atomic E-state index is -4.38. The molecule has 0 bridgehead atoms. The maximum absolute atomic E-state index is 12.5. The molecule has 0 fully saturated rings. The molecule has 10 heteroatoms. The van der Waals surface area contributed by atoms with Crippen molar-refractivity contribution in [2.45, 2.75) is 32.9 Å². The third-order valence-electron chi connectivity index (χ3n) is 3.34. The van der Waals surface area contributed by atoms with Crippen LogP contribution in [0.1, 0.15) is 26.3 Å². The van der Waals surface area contributed by atoms with Crippen molar-refractivity contribution < 1.29 is 13.2 Å². The van der Waals surface area contributed by atoms with Gasteiger partial charge in [-0.15, -0.1) is 22.7 Å². The Hall–Kier alpha value is -1.68. The molecule has 0 aliphatic rings. The SMILES string of the molecule is CN=C(NCCc1nc(C(F)(F)F)cs1)NCCc1sc(C)nc1C. The number of nitrogens with zero attached hydrogens (tertiary/aromatic N) is 3. The molecule has 0 radical (unpaired) electrons. The Labute approximate surface area is 152 Å². The van der Waals surface area contributed by atoms with Crippen LogP contribution >= 0.6 is 22.7 Å². The number of alkyl halides is 3. The van der Waals surface area contributed by atoms with Crippen molar-refractivity contribution >= 4 is 28.6 Å². The highest BCUT2D eigenvalue weighted by Gasteiger charge is 2.33. The van der Waals surface area contributed by atoms with Crippen LogP contribution < -0.4 is 10.6 Å². The largest absolute Gasteiger partial charge is 0.434 e. The van der Waals surface area contributed by atoms with Gasteiger partial charge in [-0.3, -0.25) is 4.99 Å². The Balaban J connectivity index is 1.73. The van der Waals surface area contributed by atoms with E-state index in [0.717, 1.165) is 33.8 Å². The zero-order chi connectivity index (χ0) is 18.4. The topological polar surface area (TPSA) is 62.2 Å². The number of aliphatic imine (C=N–C) groups is 1. The first-order valence-corrected chi connectivity index (χ1v) is 9.38. The predicted molar refractivity (Wildman–Crippen MR) is 95.5 cm³/mol. The summed E-state index contributed by atoms with van der Waals surface area (Å²) in [6, 6.07) is 0. The molecule has 5 nitrogen and oxygen atoms in total. The van der Waals surface area contributed by atoms with Gasteiger partial charge in [0.15, 0.2) is 11.7 Å². The summed E-state index contributed by atoms with van der Waals surface area (Å²) >= 11 is 2.70. The molecule has 0 saturated carbocycles. The summed E-state index contributed by atoms with van der Waals surface area (Å²) in [7, 11) is 1.66. The normalized spacial score (nSPS) is 12.5. The average molecular weight is 391 g/mol. The van der Waals surface area contributed by atoms with Crippen LogP contribution in [-0.2, 0) is 19.0 Å². The van der Waals surface area contributed by atoms with Gasteiger partial charge in [-0.05, 0) is 13.8 Å². The van der Waals surface area contributed by atoms with E-state index in [4.69, 9.17) is 0 Å². The number of aromatic nitrogens is 2. The molecule has 25 heavy (non-hydrogen) atoms. The van der Waals surface area contributed by atoms with Gasteiger partial charge in [-0.25, -0.2) is 9.97 Å². The molecule has 2 heterocycles. The molecule has 0 atom stereocenters. The lowest BCUT2D eigenvalue weighted by atomic mass is 10.3. The Morgan fingerprint density at radius 1 is 1.16 bits per heavy atom. The smallest absolute Gasteiger partial charge is 0.356 e. The fourth-order valence-electron chi connectivity index (χ4n) is 2.16. The maximum atomic E-state index is 12.5. The second-order valence-corrected chi connectivity index (χ2v) is 7.52. The highest BCUT2D eigenvalue weighted by molar-refractivity contribution is 7.11. The van der Waals surface area contributed by atoms with E-state index in [1.807, 2.05) is 13.8 Å². The van der Waals surface area contributed by atoms with E-state index < -0.39 is 11.9 Å². The average Bonchev–Trinajstić information content (AvgIpc) is 3.12. The molecule has 2 rings (SSSR count). The summed E-state index contributed by atoms with van der Waals surface area (Å²) in [6.45, 7) is 5.15. The van der Waals surface area contributed by atoms with Crippen molar-refractivity contribution in [2.75, 3.05) is 20.1 Å². The number of guanidine groups is 1. The lowest BCUT2D eigenvalue weighted by Crippen LogP contribution is -2.39. The zero-order valence-electron chi connectivity index (χ0n) is 14.2. The van der Waals surface area contributed by atoms with Crippen molar-refractivity contribution in [3.63, 3.8) is 0 Å². The minimum Gasteiger partial charge on any atom is -0.356 e. The second-order valence-electron chi connectivity index (χ2n) is 5.29. The van der Waals surface area contributed by atoms with E-state index in [1.54, 1.807) is 18.4 Å². The number of rotatable bonds is 6. The number of halogens is 3. The molecule has 2 N–H and O–H groups in total. The van der Waals surface area contributed by atoms with Gasteiger partial charge in [0.25, 0.3) is 0 Å². The van der Waals surface area contributed by atoms with Crippen LogP contribution in [0.3, 0.4) is 0 Å². The Morgan fingerprint density at radius 2 is 1.84 bits per heavy atom. The molecule has 0 aliphatic heterocycles. The fraction of sp³-hybridized carbons (Fsp3) is 0.533. The standard InChI is InChI=1S/C15H20F3N5S2/c1-9-11(25-10(2)22-9)4-6-20-14(19-3)21-7-5-13-23-12(8-24-13)15(16,17)18/h8H,4-7H2,1-3H3,(H2,19,20,21). The monoisotopic (exact) mass is 391 g/mol. The van der Waals surface area contributed by atoms with Gasteiger partial charge in [0.2, 0.25) is 0 Å². The van der Waals surface area contributed by atoms with Crippen molar-refractivity contribution in [3.05, 3.63) is 31.7 Å². The first-order chi connectivity index (χ1) is 11.8. The molecule has 138 valence electrons. The van der Waals surface area contributed by atoms with Gasteiger partial charge in [-0.2, -0.15) is 13.2 Å².